The van der Waals surface area contributed by atoms with Crippen LogP contribution >= 0.6 is 0 Å². The number of benzene rings is 1. The second kappa shape index (κ2) is 6.16. The standard InChI is InChI=1S/C16H21FN4/c1-2-18-16(21-13-4-5-13)19-8-7-11-10-20-15-9-12(17)3-6-14(11)15/h3,6,9-10,13,20H,2,4-5,7-8H2,1H3,(H2,18,19,21). The Hall–Kier alpha value is -2.04. The molecule has 1 aliphatic rings. The average Bonchev–Trinajstić information content (AvgIpc) is 3.19. The van der Waals surface area contributed by atoms with Crippen LogP contribution in [-0.4, -0.2) is 30.1 Å². The van der Waals surface area contributed by atoms with Crippen LogP contribution in [0.15, 0.2) is 29.4 Å². The summed E-state index contributed by atoms with van der Waals surface area (Å²) in [5.41, 5.74) is 2.02. The molecule has 0 amide bonds. The molecule has 1 aromatic carbocycles. The van der Waals surface area contributed by atoms with E-state index < -0.39 is 0 Å². The zero-order valence-electron chi connectivity index (χ0n) is 12.2. The molecule has 5 heteroatoms. The van der Waals surface area contributed by atoms with Crippen LogP contribution in [0.25, 0.3) is 10.9 Å². The highest BCUT2D eigenvalue weighted by atomic mass is 19.1. The molecular formula is C16H21FN4. The first-order valence-corrected chi connectivity index (χ1v) is 7.56. The minimum absolute atomic E-state index is 0.211. The van der Waals surface area contributed by atoms with Crippen molar-refractivity contribution in [1.82, 2.24) is 15.6 Å². The van der Waals surface area contributed by atoms with Crippen molar-refractivity contribution < 1.29 is 4.39 Å². The Labute approximate surface area is 123 Å². The Morgan fingerprint density at radius 1 is 1.43 bits per heavy atom. The van der Waals surface area contributed by atoms with Gasteiger partial charge in [-0.1, -0.05) is 0 Å². The molecule has 1 aromatic heterocycles. The third-order valence-corrected chi connectivity index (χ3v) is 3.64. The number of guanidine groups is 1. The zero-order chi connectivity index (χ0) is 14.7. The fourth-order valence-corrected chi connectivity index (χ4v) is 2.39. The zero-order valence-corrected chi connectivity index (χ0v) is 12.2. The van der Waals surface area contributed by atoms with Gasteiger partial charge >= 0.3 is 0 Å². The molecule has 1 saturated carbocycles. The fourth-order valence-electron chi connectivity index (χ4n) is 2.39. The maximum Gasteiger partial charge on any atom is 0.191 e. The molecule has 0 unspecified atom stereocenters. The van der Waals surface area contributed by atoms with Gasteiger partial charge in [0.1, 0.15) is 5.82 Å². The van der Waals surface area contributed by atoms with E-state index >= 15 is 0 Å². The van der Waals surface area contributed by atoms with Gasteiger partial charge in [0.2, 0.25) is 0 Å². The van der Waals surface area contributed by atoms with E-state index in [0.717, 1.165) is 29.8 Å². The van der Waals surface area contributed by atoms with Crippen LogP contribution in [-0.2, 0) is 6.42 Å². The largest absolute Gasteiger partial charge is 0.361 e. The van der Waals surface area contributed by atoms with Crippen LogP contribution in [0.4, 0.5) is 4.39 Å². The smallest absolute Gasteiger partial charge is 0.191 e. The average molecular weight is 288 g/mol. The number of rotatable bonds is 5. The number of hydrogen-bond donors (Lipinski definition) is 3. The normalized spacial score (nSPS) is 15.4. The van der Waals surface area contributed by atoms with Crippen LogP contribution in [0.5, 0.6) is 0 Å². The molecule has 0 bridgehead atoms. The second-order valence-electron chi connectivity index (χ2n) is 5.43. The van der Waals surface area contributed by atoms with Gasteiger partial charge < -0.3 is 15.6 Å². The van der Waals surface area contributed by atoms with Crippen LogP contribution in [0.3, 0.4) is 0 Å². The van der Waals surface area contributed by atoms with E-state index in [0.29, 0.717) is 12.6 Å². The first kappa shape index (κ1) is 13.9. The number of aliphatic imine (C=N–C) groups is 1. The van der Waals surface area contributed by atoms with Crippen LogP contribution in [0.1, 0.15) is 25.3 Å². The maximum absolute atomic E-state index is 13.2. The summed E-state index contributed by atoms with van der Waals surface area (Å²) in [4.78, 5) is 7.71. The Bertz CT molecular complexity index is 643. The van der Waals surface area contributed by atoms with Crippen LogP contribution in [0, 0.1) is 5.82 Å². The Kier molecular flexibility index (Phi) is 4.08. The van der Waals surface area contributed by atoms with E-state index in [1.54, 1.807) is 0 Å². The Morgan fingerprint density at radius 2 is 2.29 bits per heavy atom. The molecule has 0 spiro atoms. The summed E-state index contributed by atoms with van der Waals surface area (Å²) in [5.74, 6) is 0.683. The quantitative estimate of drug-likeness (QED) is 0.585. The van der Waals surface area contributed by atoms with Crippen molar-refractivity contribution in [3.8, 4) is 0 Å². The summed E-state index contributed by atoms with van der Waals surface area (Å²) in [7, 11) is 0. The van der Waals surface area contributed by atoms with Crippen molar-refractivity contribution in [1.29, 1.82) is 0 Å². The van der Waals surface area contributed by atoms with Crippen molar-refractivity contribution in [3.05, 3.63) is 35.8 Å². The lowest BCUT2D eigenvalue weighted by atomic mass is 10.1. The molecule has 0 aliphatic heterocycles. The van der Waals surface area contributed by atoms with Crippen LogP contribution < -0.4 is 10.6 Å². The second-order valence-corrected chi connectivity index (χ2v) is 5.43. The van der Waals surface area contributed by atoms with Gasteiger partial charge in [-0.05, 0) is 49.9 Å². The number of aromatic nitrogens is 1. The fraction of sp³-hybridized carbons (Fsp3) is 0.438. The van der Waals surface area contributed by atoms with Crippen molar-refractivity contribution in [2.45, 2.75) is 32.2 Å². The lowest BCUT2D eigenvalue weighted by Gasteiger charge is -2.09. The van der Waals surface area contributed by atoms with Gasteiger partial charge in [-0.15, -0.1) is 0 Å². The van der Waals surface area contributed by atoms with Gasteiger partial charge in [0, 0.05) is 36.2 Å². The van der Waals surface area contributed by atoms with E-state index in [9.17, 15) is 4.39 Å². The molecule has 1 fully saturated rings. The van der Waals surface area contributed by atoms with Gasteiger partial charge in [-0.25, -0.2) is 4.39 Å². The van der Waals surface area contributed by atoms with Gasteiger partial charge in [-0.2, -0.15) is 0 Å². The molecule has 1 heterocycles. The molecule has 0 radical (unpaired) electrons. The predicted octanol–water partition coefficient (Wildman–Crippen LogP) is 2.57. The molecule has 1 aliphatic carbocycles. The number of aromatic amines is 1. The third-order valence-electron chi connectivity index (χ3n) is 3.64. The lowest BCUT2D eigenvalue weighted by Crippen LogP contribution is -2.38. The highest BCUT2D eigenvalue weighted by molar-refractivity contribution is 5.83. The van der Waals surface area contributed by atoms with E-state index in [1.807, 2.05) is 12.3 Å². The number of fused-ring (bicyclic) bond motifs is 1. The molecule has 3 rings (SSSR count). The SMILES string of the molecule is CCNC(=NCCc1c[nH]c2cc(F)ccc12)NC1CC1. The minimum Gasteiger partial charge on any atom is -0.361 e. The van der Waals surface area contributed by atoms with E-state index in [-0.39, 0.29) is 5.82 Å². The van der Waals surface area contributed by atoms with E-state index in [4.69, 9.17) is 0 Å². The summed E-state index contributed by atoms with van der Waals surface area (Å²) < 4.78 is 13.2. The van der Waals surface area contributed by atoms with Crippen LogP contribution in [0.2, 0.25) is 0 Å². The lowest BCUT2D eigenvalue weighted by molar-refractivity contribution is 0.629. The van der Waals surface area contributed by atoms with Gasteiger partial charge in [0.15, 0.2) is 5.96 Å². The molecule has 4 nitrogen and oxygen atoms in total. The third kappa shape index (κ3) is 3.54. The summed E-state index contributed by atoms with van der Waals surface area (Å²) in [6.45, 7) is 3.65. The molecule has 21 heavy (non-hydrogen) atoms. The summed E-state index contributed by atoms with van der Waals surface area (Å²) in [6.07, 6.45) is 5.25. The molecule has 3 N–H and O–H groups in total. The van der Waals surface area contributed by atoms with Crippen molar-refractivity contribution in [2.24, 2.45) is 4.99 Å². The van der Waals surface area contributed by atoms with Crippen molar-refractivity contribution in [2.75, 3.05) is 13.1 Å². The molecule has 2 aromatic rings. The summed E-state index contributed by atoms with van der Waals surface area (Å²) >= 11 is 0. The van der Waals surface area contributed by atoms with Gasteiger partial charge in [-0.3, -0.25) is 4.99 Å². The first-order valence-electron chi connectivity index (χ1n) is 7.56. The number of nitrogens with zero attached hydrogens (tertiary/aromatic N) is 1. The topological polar surface area (TPSA) is 52.2 Å². The molecule has 112 valence electrons. The molecular weight excluding hydrogens is 267 g/mol. The highest BCUT2D eigenvalue weighted by Crippen LogP contribution is 2.20. The number of nitrogens with one attached hydrogen (secondary N) is 3. The number of H-pyrrole nitrogens is 1. The summed E-state index contributed by atoms with van der Waals surface area (Å²) in [5, 5.41) is 7.73. The number of hydrogen-bond acceptors (Lipinski definition) is 1. The van der Waals surface area contributed by atoms with E-state index in [2.05, 4.69) is 27.5 Å². The number of halogens is 1. The van der Waals surface area contributed by atoms with Gasteiger partial charge in [0.05, 0.1) is 0 Å². The summed E-state index contributed by atoms with van der Waals surface area (Å²) in [6, 6.07) is 5.45. The minimum atomic E-state index is -0.211. The van der Waals surface area contributed by atoms with Gasteiger partial charge in [0.25, 0.3) is 0 Å². The first-order chi connectivity index (χ1) is 10.3. The molecule has 0 saturated heterocycles. The monoisotopic (exact) mass is 288 g/mol. The predicted molar refractivity (Wildman–Crippen MR) is 84.1 cm³/mol. The van der Waals surface area contributed by atoms with Crippen molar-refractivity contribution in [3.63, 3.8) is 0 Å². The Balaban J connectivity index is 1.64. The molecule has 0 atom stereocenters. The van der Waals surface area contributed by atoms with E-state index in [1.165, 1.54) is 30.5 Å². The highest BCUT2D eigenvalue weighted by Gasteiger charge is 2.21. The van der Waals surface area contributed by atoms with Crippen molar-refractivity contribution >= 4 is 16.9 Å². The maximum atomic E-state index is 13.2. The Morgan fingerprint density at radius 3 is 3.05 bits per heavy atom.